The minimum Gasteiger partial charge on any atom is -0.465 e. The molecule has 4 heterocycles. The van der Waals surface area contributed by atoms with E-state index in [0.29, 0.717) is 36.4 Å². The number of benzene rings is 1. The van der Waals surface area contributed by atoms with E-state index in [1.54, 1.807) is 11.0 Å². The zero-order chi connectivity index (χ0) is 28.8. The smallest absolute Gasteiger partial charge is 0.313 e. The van der Waals surface area contributed by atoms with Gasteiger partial charge in [0.2, 0.25) is 5.91 Å². The Morgan fingerprint density at radius 3 is 2.58 bits per heavy atom. The molecule has 4 aliphatic rings. The third-order valence-electron chi connectivity index (χ3n) is 8.88. The molecule has 2 saturated heterocycles. The molecule has 8 nitrogen and oxygen atoms in total. The van der Waals surface area contributed by atoms with Gasteiger partial charge >= 0.3 is 5.97 Å². The summed E-state index contributed by atoms with van der Waals surface area (Å²) in [4.78, 5) is 46.1. The zero-order valence-corrected chi connectivity index (χ0v) is 24.4. The maximum atomic E-state index is 14.7. The first-order valence-corrected chi connectivity index (χ1v) is 14.7. The Balaban J connectivity index is 1.72. The number of rotatable bonds is 6. The Bertz CT molecular complexity index is 1230. The zero-order valence-electron chi connectivity index (χ0n) is 23.6. The summed E-state index contributed by atoms with van der Waals surface area (Å²) in [5, 5.41) is 11.0. The van der Waals surface area contributed by atoms with E-state index >= 15 is 0 Å². The fraction of sp³-hybridized carbons (Fsp3) is 0.581. The van der Waals surface area contributed by atoms with Crippen LogP contribution in [0.15, 0.2) is 42.5 Å². The van der Waals surface area contributed by atoms with Crippen LogP contribution in [0.3, 0.4) is 0 Å². The third kappa shape index (κ3) is 4.39. The molecule has 2 amide bonds. The van der Waals surface area contributed by atoms with Gasteiger partial charge in [-0.1, -0.05) is 68.8 Å². The van der Waals surface area contributed by atoms with Gasteiger partial charge in [-0.05, 0) is 50.2 Å². The minimum absolute atomic E-state index is 0.146. The van der Waals surface area contributed by atoms with Gasteiger partial charge in [0.15, 0.2) is 0 Å². The standard InChI is InChI=1S/C31H39ClN2O6/c1-5-30-13-7-6-8-16-39-29(38)24(30)23-27(36)34(21(18-35)17-19(2)3)26-28(37)33(15-10-14-31(23,26)40-30)25-20(4)11-9-12-22(25)32/h7,9-14,19,21,23-24,26,35H,5-6,8,15-18H2,1-4H3/b13-7-/t21-,23+,24-,26?,30+,31+/m1/s1. The minimum atomic E-state index is -1.42. The summed E-state index contributed by atoms with van der Waals surface area (Å²) in [5.41, 5.74) is -1.15. The first kappa shape index (κ1) is 28.8. The summed E-state index contributed by atoms with van der Waals surface area (Å²) in [6.45, 7) is 7.98. The molecular formula is C31H39ClN2O6. The van der Waals surface area contributed by atoms with Crippen molar-refractivity contribution < 1.29 is 29.0 Å². The molecule has 216 valence electrons. The van der Waals surface area contributed by atoms with Crippen LogP contribution in [0, 0.1) is 24.7 Å². The number of carbonyl (C=O) groups is 3. The molecule has 0 radical (unpaired) electrons. The number of hydrogen-bond donors (Lipinski definition) is 1. The summed E-state index contributed by atoms with van der Waals surface area (Å²) in [7, 11) is 0. The number of halogens is 1. The first-order valence-electron chi connectivity index (χ1n) is 14.3. The molecule has 0 aromatic heterocycles. The predicted octanol–water partition coefficient (Wildman–Crippen LogP) is 4.21. The van der Waals surface area contributed by atoms with Gasteiger partial charge in [-0.15, -0.1) is 0 Å². The van der Waals surface area contributed by atoms with Gasteiger partial charge in [-0.2, -0.15) is 0 Å². The molecule has 40 heavy (non-hydrogen) atoms. The quantitative estimate of drug-likeness (QED) is 0.406. The van der Waals surface area contributed by atoms with Crippen LogP contribution in [-0.2, 0) is 23.9 Å². The molecular weight excluding hydrogens is 532 g/mol. The number of likely N-dealkylation sites (tertiary alicyclic amines) is 1. The average Bonchev–Trinajstić information content (AvgIpc) is 3.30. The molecule has 1 aromatic carbocycles. The molecule has 1 aromatic rings. The van der Waals surface area contributed by atoms with Gasteiger partial charge in [0.05, 0.1) is 35.9 Å². The first-order chi connectivity index (χ1) is 19.1. The average molecular weight is 571 g/mol. The monoisotopic (exact) mass is 570 g/mol. The number of aryl methyl sites for hydroxylation is 1. The highest BCUT2D eigenvalue weighted by Crippen LogP contribution is 2.59. The Labute approximate surface area is 240 Å². The van der Waals surface area contributed by atoms with E-state index in [1.165, 1.54) is 4.90 Å². The largest absolute Gasteiger partial charge is 0.465 e. The van der Waals surface area contributed by atoms with Gasteiger partial charge in [0.25, 0.3) is 5.91 Å². The highest BCUT2D eigenvalue weighted by atomic mass is 35.5. The normalized spacial score (nSPS) is 33.5. The van der Waals surface area contributed by atoms with Crippen LogP contribution in [0.1, 0.15) is 52.0 Å². The number of esters is 1. The van der Waals surface area contributed by atoms with Gasteiger partial charge in [-0.25, -0.2) is 0 Å². The lowest BCUT2D eigenvalue weighted by Crippen LogP contribution is -2.59. The Kier molecular flexibility index (Phi) is 7.89. The Hall–Kier alpha value is -2.68. The number of fused-ring (bicyclic) bond motifs is 2. The van der Waals surface area contributed by atoms with Gasteiger partial charge < -0.3 is 24.4 Å². The van der Waals surface area contributed by atoms with E-state index < -0.39 is 41.1 Å². The van der Waals surface area contributed by atoms with Crippen molar-refractivity contribution in [2.45, 2.75) is 76.7 Å². The number of hydrogen-bond acceptors (Lipinski definition) is 6. The van der Waals surface area contributed by atoms with Gasteiger partial charge in [0.1, 0.15) is 23.2 Å². The fourth-order valence-corrected chi connectivity index (χ4v) is 7.52. The van der Waals surface area contributed by atoms with Crippen LogP contribution in [0.2, 0.25) is 5.02 Å². The lowest BCUT2D eigenvalue weighted by molar-refractivity contribution is -0.161. The summed E-state index contributed by atoms with van der Waals surface area (Å²) in [6.07, 6.45) is 9.84. The van der Waals surface area contributed by atoms with E-state index in [-0.39, 0.29) is 37.5 Å². The Morgan fingerprint density at radius 1 is 1.12 bits per heavy atom. The van der Waals surface area contributed by atoms with E-state index in [0.717, 1.165) is 5.56 Å². The highest BCUT2D eigenvalue weighted by Gasteiger charge is 2.76. The number of cyclic esters (lactones) is 1. The van der Waals surface area contributed by atoms with Crippen LogP contribution in [0.4, 0.5) is 5.69 Å². The van der Waals surface area contributed by atoms with Crippen LogP contribution in [0.5, 0.6) is 0 Å². The molecule has 0 aliphatic carbocycles. The van der Waals surface area contributed by atoms with Crippen molar-refractivity contribution in [3.63, 3.8) is 0 Å². The van der Waals surface area contributed by atoms with Gasteiger partial charge in [0, 0.05) is 6.54 Å². The maximum absolute atomic E-state index is 14.7. The number of ether oxygens (including phenoxy) is 2. The molecule has 1 unspecified atom stereocenters. The summed E-state index contributed by atoms with van der Waals surface area (Å²) < 4.78 is 12.7. The van der Waals surface area contributed by atoms with Crippen LogP contribution < -0.4 is 4.90 Å². The Morgan fingerprint density at radius 2 is 1.90 bits per heavy atom. The maximum Gasteiger partial charge on any atom is 0.313 e. The topological polar surface area (TPSA) is 96.4 Å². The van der Waals surface area contributed by atoms with Crippen molar-refractivity contribution in [3.05, 3.63) is 53.1 Å². The second-order valence-electron chi connectivity index (χ2n) is 11.8. The SMILES string of the molecule is CC[C@]12/C=C\CCCOC(=O)[C@H]1[C@H]1C(=O)N([C@@H](CO)CC(C)C)C3C(=O)N(c4c(C)cccc4Cl)CC=C[C@@]31O2. The van der Waals surface area contributed by atoms with Crippen molar-refractivity contribution in [1.82, 2.24) is 4.90 Å². The molecule has 9 heteroatoms. The molecule has 1 N–H and O–H groups in total. The fourth-order valence-electron chi connectivity index (χ4n) is 7.19. The van der Waals surface area contributed by atoms with Crippen molar-refractivity contribution >= 4 is 35.1 Å². The molecule has 0 bridgehead atoms. The highest BCUT2D eigenvalue weighted by molar-refractivity contribution is 6.34. The molecule has 4 aliphatic heterocycles. The van der Waals surface area contributed by atoms with Crippen molar-refractivity contribution in [2.75, 3.05) is 24.7 Å². The second kappa shape index (κ2) is 11.0. The van der Waals surface area contributed by atoms with Crippen LogP contribution in [-0.4, -0.2) is 70.8 Å². The predicted molar refractivity (Wildman–Crippen MR) is 152 cm³/mol. The van der Waals surface area contributed by atoms with E-state index in [2.05, 4.69) is 0 Å². The van der Waals surface area contributed by atoms with Crippen molar-refractivity contribution in [1.29, 1.82) is 0 Å². The van der Waals surface area contributed by atoms with E-state index in [4.69, 9.17) is 21.1 Å². The molecule has 6 atom stereocenters. The molecule has 2 fully saturated rings. The summed E-state index contributed by atoms with van der Waals surface area (Å²) in [5.74, 6) is -2.98. The summed E-state index contributed by atoms with van der Waals surface area (Å²) in [6, 6.07) is 3.72. The number of amides is 2. The van der Waals surface area contributed by atoms with Crippen molar-refractivity contribution in [3.8, 4) is 0 Å². The van der Waals surface area contributed by atoms with Crippen LogP contribution in [0.25, 0.3) is 0 Å². The van der Waals surface area contributed by atoms with E-state index in [9.17, 15) is 19.5 Å². The van der Waals surface area contributed by atoms with E-state index in [1.807, 2.05) is 64.1 Å². The number of aliphatic hydroxyl groups is 1. The number of aliphatic hydroxyl groups excluding tert-OH is 1. The second-order valence-corrected chi connectivity index (χ2v) is 12.2. The van der Waals surface area contributed by atoms with Gasteiger partial charge in [-0.3, -0.25) is 14.4 Å². The number of allylic oxidation sites excluding steroid dienone is 1. The number of carbonyl (C=O) groups excluding carboxylic acids is 3. The van der Waals surface area contributed by atoms with Crippen molar-refractivity contribution in [2.24, 2.45) is 17.8 Å². The number of nitrogens with zero attached hydrogens (tertiary/aromatic N) is 2. The molecule has 1 spiro atoms. The lowest BCUT2D eigenvalue weighted by Gasteiger charge is -2.41. The number of para-hydroxylation sites is 1. The lowest BCUT2D eigenvalue weighted by atomic mass is 9.73. The van der Waals surface area contributed by atoms with Crippen LogP contribution >= 0.6 is 11.6 Å². The summed E-state index contributed by atoms with van der Waals surface area (Å²) >= 11 is 6.63. The number of anilines is 1. The molecule has 0 saturated carbocycles. The molecule has 5 rings (SSSR count). The third-order valence-corrected chi connectivity index (χ3v) is 9.18.